The van der Waals surface area contributed by atoms with Crippen LogP contribution in [0.2, 0.25) is 25.7 Å². The molecule has 1 saturated heterocycles. The van der Waals surface area contributed by atoms with Gasteiger partial charge >= 0.3 is 12.1 Å². The molecule has 1 saturated carbocycles. The number of benzene rings is 1. The summed E-state index contributed by atoms with van der Waals surface area (Å²) in [4.78, 5) is 41.8. The highest BCUT2D eigenvalue weighted by atomic mass is 28.3. The van der Waals surface area contributed by atoms with Gasteiger partial charge in [0.05, 0.1) is 6.61 Å². The molecule has 1 aliphatic heterocycles. The monoisotopic (exact) mass is 588 g/mol. The first-order valence-corrected chi connectivity index (χ1v) is 18.9. The zero-order valence-corrected chi connectivity index (χ0v) is 27.1. The molecule has 2 aliphatic rings. The van der Waals surface area contributed by atoms with Gasteiger partial charge in [-0.25, -0.2) is 14.5 Å². The molecule has 41 heavy (non-hydrogen) atoms. The third kappa shape index (κ3) is 10.1. The van der Waals surface area contributed by atoms with Crippen molar-refractivity contribution in [1.82, 2.24) is 20.4 Å². The molecule has 0 bridgehead atoms. The van der Waals surface area contributed by atoms with Gasteiger partial charge in [0.1, 0.15) is 12.3 Å². The molecule has 0 aromatic heterocycles. The maximum absolute atomic E-state index is 13.3. The van der Waals surface area contributed by atoms with E-state index in [9.17, 15) is 14.4 Å². The van der Waals surface area contributed by atoms with Crippen molar-refractivity contribution < 1.29 is 23.9 Å². The van der Waals surface area contributed by atoms with Crippen LogP contribution < -0.4 is 10.6 Å². The molecular weight excluding hydrogens is 536 g/mol. The molecule has 230 valence electrons. The molecule has 0 radical (unpaired) electrons. The van der Waals surface area contributed by atoms with Crippen molar-refractivity contribution in [2.75, 3.05) is 33.0 Å². The molecule has 1 aromatic carbocycles. The van der Waals surface area contributed by atoms with Crippen LogP contribution in [0.1, 0.15) is 64.9 Å². The Balaban J connectivity index is 1.34. The predicted octanol–water partition coefficient (Wildman–Crippen LogP) is 5.59. The van der Waals surface area contributed by atoms with Gasteiger partial charge in [0, 0.05) is 40.4 Å². The highest BCUT2D eigenvalue weighted by Crippen LogP contribution is 2.40. The van der Waals surface area contributed by atoms with E-state index in [0.29, 0.717) is 32.9 Å². The number of amides is 5. The number of unbranched alkanes of at least 4 members (excludes halogenated alkanes) is 1. The van der Waals surface area contributed by atoms with E-state index in [1.54, 1.807) is 4.90 Å². The number of carbonyl (C=O) groups is 3. The summed E-state index contributed by atoms with van der Waals surface area (Å²) in [6.07, 6.45) is 5.19. The minimum absolute atomic E-state index is 0.0145. The fourth-order valence-corrected chi connectivity index (χ4v) is 6.12. The second-order valence-corrected chi connectivity index (χ2v) is 19.4. The van der Waals surface area contributed by atoms with Gasteiger partial charge in [-0.1, -0.05) is 56.9 Å². The van der Waals surface area contributed by atoms with Gasteiger partial charge < -0.3 is 25.0 Å². The van der Waals surface area contributed by atoms with Gasteiger partial charge in [-0.3, -0.25) is 4.79 Å². The molecule has 3 rings (SSSR count). The average Bonchev–Trinajstić information content (AvgIpc) is 3.06. The number of nitrogens with zero attached hydrogens (tertiary/aromatic N) is 2. The van der Waals surface area contributed by atoms with Crippen LogP contribution in [0.5, 0.6) is 0 Å². The number of imide groups is 1. The van der Waals surface area contributed by atoms with Gasteiger partial charge in [0.25, 0.3) is 5.91 Å². The lowest BCUT2D eigenvalue weighted by Gasteiger charge is -2.42. The minimum atomic E-state index is -1.25. The number of rotatable bonds is 15. The molecule has 1 aliphatic carbocycles. The molecule has 1 heterocycles. The zero-order chi connectivity index (χ0) is 30.1. The number of hydrogen-bond acceptors (Lipinski definition) is 5. The van der Waals surface area contributed by atoms with E-state index in [-0.39, 0.29) is 36.2 Å². The number of hydrogen-bond donors (Lipinski definition) is 2. The highest BCUT2D eigenvalue weighted by molar-refractivity contribution is 6.76. The molecule has 5 amide bonds. The van der Waals surface area contributed by atoms with Crippen LogP contribution in [0, 0.1) is 5.41 Å². The number of nitrogens with one attached hydrogen (secondary N) is 2. The van der Waals surface area contributed by atoms with Gasteiger partial charge in [-0.15, -0.1) is 0 Å². The summed E-state index contributed by atoms with van der Waals surface area (Å²) in [5.74, 6) is -0.200. The summed E-state index contributed by atoms with van der Waals surface area (Å²) in [6.45, 7) is 15.7. The zero-order valence-electron chi connectivity index (χ0n) is 26.1. The van der Waals surface area contributed by atoms with E-state index in [0.717, 1.165) is 50.1 Å². The van der Waals surface area contributed by atoms with E-state index in [1.807, 2.05) is 44.2 Å². The number of carbonyl (C=O) groups excluding carboxylic acids is 3. The molecule has 0 unspecified atom stereocenters. The quantitative estimate of drug-likeness (QED) is 0.158. The van der Waals surface area contributed by atoms with Crippen molar-refractivity contribution in [3.63, 3.8) is 0 Å². The Morgan fingerprint density at radius 2 is 1.68 bits per heavy atom. The van der Waals surface area contributed by atoms with Gasteiger partial charge in [-0.05, 0) is 69.4 Å². The van der Waals surface area contributed by atoms with Crippen molar-refractivity contribution >= 4 is 26.0 Å². The summed E-state index contributed by atoms with van der Waals surface area (Å²) in [6, 6.07) is 10.8. The first kappa shape index (κ1) is 33.1. The molecule has 2 fully saturated rings. The SMILES string of the molecule is CC1(CN2C(=O)N(COCC[Si](C)(C)C)C(=O)C2(C)C)CCC(NC(=O)NCCCCOCc2ccccc2)CC1. The standard InChI is InChI=1S/C31H52N4O5Si/c1-30(2)27(36)34(24-40-20-21-41(4,5)6)29(38)35(30)23-31(3)16-14-26(15-17-31)33-28(37)32-18-10-11-19-39-22-25-12-8-7-9-13-25/h7-9,12-13,26H,10-11,14-24H2,1-6H3,(H2,32,33,37). The summed E-state index contributed by atoms with van der Waals surface area (Å²) < 4.78 is 11.5. The van der Waals surface area contributed by atoms with Gasteiger partial charge in [0.15, 0.2) is 0 Å². The normalized spacial score (nSPS) is 22.7. The molecule has 0 atom stereocenters. The maximum atomic E-state index is 13.3. The molecular formula is C31H52N4O5Si. The van der Waals surface area contributed by atoms with E-state index in [4.69, 9.17) is 9.47 Å². The Bertz CT molecular complexity index is 1010. The topological polar surface area (TPSA) is 100 Å². The molecule has 10 heteroatoms. The van der Waals surface area contributed by atoms with Crippen LogP contribution >= 0.6 is 0 Å². The fourth-order valence-electron chi connectivity index (χ4n) is 5.36. The first-order valence-electron chi connectivity index (χ1n) is 15.2. The molecule has 9 nitrogen and oxygen atoms in total. The predicted molar refractivity (Wildman–Crippen MR) is 164 cm³/mol. The second-order valence-electron chi connectivity index (χ2n) is 13.7. The van der Waals surface area contributed by atoms with Crippen molar-refractivity contribution in [2.45, 2.75) is 103 Å². The van der Waals surface area contributed by atoms with Crippen molar-refractivity contribution in [3.05, 3.63) is 35.9 Å². The molecule has 2 N–H and O–H groups in total. The van der Waals surface area contributed by atoms with E-state index >= 15 is 0 Å². The van der Waals surface area contributed by atoms with Crippen LogP contribution in [-0.4, -0.2) is 80.5 Å². The Kier molecular flexibility index (Phi) is 11.8. The summed E-state index contributed by atoms with van der Waals surface area (Å²) >= 11 is 0. The van der Waals surface area contributed by atoms with Crippen molar-refractivity contribution in [2.24, 2.45) is 5.41 Å². The van der Waals surface area contributed by atoms with Crippen molar-refractivity contribution in [1.29, 1.82) is 0 Å². The smallest absolute Gasteiger partial charge is 0.329 e. The van der Waals surface area contributed by atoms with E-state index in [2.05, 4.69) is 37.2 Å². The Morgan fingerprint density at radius 1 is 1.00 bits per heavy atom. The van der Waals surface area contributed by atoms with Crippen LogP contribution in [0.4, 0.5) is 9.59 Å². The third-order valence-electron chi connectivity index (χ3n) is 8.30. The Hall–Kier alpha value is -2.43. The largest absolute Gasteiger partial charge is 0.377 e. The number of urea groups is 2. The molecule has 0 spiro atoms. The molecule has 1 aromatic rings. The van der Waals surface area contributed by atoms with Crippen LogP contribution in [0.25, 0.3) is 0 Å². The van der Waals surface area contributed by atoms with Crippen LogP contribution in [0.3, 0.4) is 0 Å². The van der Waals surface area contributed by atoms with Gasteiger partial charge in [0.2, 0.25) is 0 Å². The van der Waals surface area contributed by atoms with E-state index < -0.39 is 13.6 Å². The van der Waals surface area contributed by atoms with E-state index in [1.165, 1.54) is 4.90 Å². The van der Waals surface area contributed by atoms with Gasteiger partial charge in [-0.2, -0.15) is 0 Å². The summed E-state index contributed by atoms with van der Waals surface area (Å²) in [5.41, 5.74) is 0.151. The lowest BCUT2D eigenvalue weighted by Crippen LogP contribution is -2.51. The minimum Gasteiger partial charge on any atom is -0.377 e. The Morgan fingerprint density at radius 3 is 2.34 bits per heavy atom. The average molecular weight is 589 g/mol. The highest BCUT2D eigenvalue weighted by Gasteiger charge is 2.53. The third-order valence-corrected chi connectivity index (χ3v) is 10.0. The first-order chi connectivity index (χ1) is 19.3. The number of ether oxygens (including phenoxy) is 2. The lowest BCUT2D eigenvalue weighted by molar-refractivity contribution is -0.135. The van der Waals surface area contributed by atoms with Crippen LogP contribution in [0.15, 0.2) is 30.3 Å². The fraction of sp³-hybridized carbons (Fsp3) is 0.710. The van der Waals surface area contributed by atoms with Crippen molar-refractivity contribution in [3.8, 4) is 0 Å². The lowest BCUT2D eigenvalue weighted by atomic mass is 9.73. The van der Waals surface area contributed by atoms with Crippen LogP contribution in [-0.2, 0) is 20.9 Å². The Labute approximate surface area is 247 Å². The summed E-state index contributed by atoms with van der Waals surface area (Å²) in [7, 11) is -1.25. The second kappa shape index (κ2) is 14.6. The maximum Gasteiger partial charge on any atom is 0.329 e. The summed E-state index contributed by atoms with van der Waals surface area (Å²) in [5, 5.41) is 6.08.